The number of fused-ring (bicyclic) bond motifs is 5. The van der Waals surface area contributed by atoms with Gasteiger partial charge < -0.3 is 5.11 Å². The second-order valence-corrected chi connectivity index (χ2v) is 10.8. The summed E-state index contributed by atoms with van der Waals surface area (Å²) in [5.74, 6) is -5.19. The Kier molecular flexibility index (Phi) is 5.14. The van der Waals surface area contributed by atoms with E-state index in [9.17, 15) is 31.9 Å². The van der Waals surface area contributed by atoms with Crippen molar-refractivity contribution in [1.82, 2.24) is 0 Å². The van der Waals surface area contributed by atoms with Gasteiger partial charge in [0, 0.05) is 18.3 Å². The average molecular weight is 469 g/mol. The number of halogens is 5. The molecule has 7 heteroatoms. The maximum atomic E-state index is 14.9. The molecule has 33 heavy (non-hydrogen) atoms. The van der Waals surface area contributed by atoms with E-state index in [1.54, 1.807) is 0 Å². The molecule has 0 amide bonds. The minimum Gasteiger partial charge on any atom is -0.383 e. The lowest BCUT2D eigenvalue weighted by Crippen LogP contribution is -2.64. The minimum atomic E-state index is -5.82. The van der Waals surface area contributed by atoms with Crippen molar-refractivity contribution in [3.05, 3.63) is 41.5 Å². The van der Waals surface area contributed by atoms with Crippen LogP contribution in [0, 0.1) is 29.1 Å². The summed E-state index contributed by atoms with van der Waals surface area (Å²) in [6.07, 6.45) is -3.13. The van der Waals surface area contributed by atoms with Gasteiger partial charge in [-0.1, -0.05) is 42.8 Å². The van der Waals surface area contributed by atoms with Crippen molar-refractivity contribution in [3.8, 4) is 0 Å². The molecule has 1 aromatic rings. The molecular weight excluding hydrogens is 439 g/mol. The fourth-order valence-electron chi connectivity index (χ4n) is 7.82. The standard InChI is InChI=1S/C26H29F5O2/c1-23-14-20(15-5-3-2-4-6-15)22-18-10-8-17(32)13-16(18)7-9-19(22)21(23)11-12-24(23,33)25(27,28)26(29,30)31/h2-6,16,18-19,21,33H,7-14H2,1H3. The number of rotatable bonds is 2. The Morgan fingerprint density at radius 2 is 1.67 bits per heavy atom. The second kappa shape index (κ2) is 7.37. The smallest absolute Gasteiger partial charge is 0.383 e. The first-order chi connectivity index (χ1) is 15.4. The zero-order valence-corrected chi connectivity index (χ0v) is 18.6. The van der Waals surface area contributed by atoms with Crippen LogP contribution in [0.1, 0.15) is 63.9 Å². The zero-order valence-electron chi connectivity index (χ0n) is 18.6. The molecule has 4 aliphatic carbocycles. The van der Waals surface area contributed by atoms with Gasteiger partial charge in [-0.2, -0.15) is 22.0 Å². The van der Waals surface area contributed by atoms with Gasteiger partial charge in [0.05, 0.1) is 0 Å². The Morgan fingerprint density at radius 1 is 0.970 bits per heavy atom. The highest BCUT2D eigenvalue weighted by molar-refractivity contribution is 5.80. The molecule has 0 aromatic heterocycles. The number of carbonyl (C=O) groups excluding carboxylic acids is 1. The van der Waals surface area contributed by atoms with E-state index in [1.807, 2.05) is 30.3 Å². The zero-order chi connectivity index (χ0) is 23.8. The number of benzene rings is 1. The minimum absolute atomic E-state index is 0.0210. The number of ketones is 1. The molecule has 6 unspecified atom stereocenters. The van der Waals surface area contributed by atoms with E-state index in [4.69, 9.17) is 0 Å². The van der Waals surface area contributed by atoms with Crippen molar-refractivity contribution in [3.63, 3.8) is 0 Å². The van der Waals surface area contributed by atoms with Gasteiger partial charge in [0.25, 0.3) is 0 Å². The first-order valence-corrected chi connectivity index (χ1v) is 11.9. The van der Waals surface area contributed by atoms with Gasteiger partial charge in [0.1, 0.15) is 11.4 Å². The lowest BCUT2D eigenvalue weighted by atomic mass is 9.50. The molecule has 6 atom stereocenters. The Hall–Kier alpha value is -1.76. The van der Waals surface area contributed by atoms with Crippen molar-refractivity contribution >= 4 is 11.4 Å². The SMILES string of the molecule is CC12CC(c3ccccc3)=C3C4CCC(=O)CC4CCC3C1CCC2(O)C(F)(F)C(F)(F)F. The van der Waals surface area contributed by atoms with E-state index in [0.717, 1.165) is 23.1 Å². The molecule has 5 rings (SSSR count). The number of Topliss-reactive ketones (excluding diaryl/α,β-unsaturated/α-hetero) is 1. The first-order valence-electron chi connectivity index (χ1n) is 11.9. The fraction of sp³-hybridized carbons (Fsp3) is 0.654. The molecule has 3 saturated carbocycles. The Balaban J connectivity index is 1.67. The summed E-state index contributed by atoms with van der Waals surface area (Å²) in [5.41, 5.74) is -1.98. The molecule has 0 radical (unpaired) electrons. The summed E-state index contributed by atoms with van der Waals surface area (Å²) < 4.78 is 70.3. The number of aliphatic hydroxyl groups is 1. The van der Waals surface area contributed by atoms with Crippen molar-refractivity contribution in [2.45, 2.75) is 76.0 Å². The summed E-state index contributed by atoms with van der Waals surface area (Å²) in [4.78, 5) is 12.1. The molecule has 0 spiro atoms. The van der Waals surface area contributed by atoms with E-state index in [0.29, 0.717) is 25.7 Å². The van der Waals surface area contributed by atoms with Crippen molar-refractivity contribution in [2.75, 3.05) is 0 Å². The largest absolute Gasteiger partial charge is 0.456 e. The molecule has 0 aliphatic heterocycles. The molecule has 0 heterocycles. The van der Waals surface area contributed by atoms with Crippen LogP contribution >= 0.6 is 0 Å². The van der Waals surface area contributed by atoms with E-state index in [-0.39, 0.29) is 36.4 Å². The maximum absolute atomic E-state index is 14.9. The van der Waals surface area contributed by atoms with Gasteiger partial charge >= 0.3 is 12.1 Å². The summed E-state index contributed by atoms with van der Waals surface area (Å²) >= 11 is 0. The number of allylic oxidation sites excluding steroid dienone is 2. The second-order valence-electron chi connectivity index (χ2n) is 10.8. The normalized spacial score (nSPS) is 39.2. The lowest BCUT2D eigenvalue weighted by Gasteiger charge is -2.55. The van der Waals surface area contributed by atoms with Crippen molar-refractivity contribution in [2.24, 2.45) is 29.1 Å². The van der Waals surface area contributed by atoms with Crippen LogP contribution in [0.25, 0.3) is 5.57 Å². The van der Waals surface area contributed by atoms with Crippen LogP contribution in [-0.4, -0.2) is 28.6 Å². The van der Waals surface area contributed by atoms with Crippen molar-refractivity contribution < 1.29 is 31.9 Å². The molecule has 4 aliphatic rings. The van der Waals surface area contributed by atoms with Gasteiger partial charge in [-0.15, -0.1) is 0 Å². The van der Waals surface area contributed by atoms with Crippen LogP contribution in [0.3, 0.4) is 0 Å². The number of alkyl halides is 5. The summed E-state index contributed by atoms with van der Waals surface area (Å²) in [7, 11) is 0. The monoisotopic (exact) mass is 468 g/mol. The summed E-state index contributed by atoms with van der Waals surface area (Å²) in [6.45, 7) is 1.44. The van der Waals surface area contributed by atoms with Crippen LogP contribution in [0.15, 0.2) is 35.9 Å². The third kappa shape index (κ3) is 3.10. The highest BCUT2D eigenvalue weighted by atomic mass is 19.4. The summed E-state index contributed by atoms with van der Waals surface area (Å²) in [5, 5.41) is 11.2. The maximum Gasteiger partial charge on any atom is 0.456 e. The van der Waals surface area contributed by atoms with Gasteiger partial charge in [0.2, 0.25) is 0 Å². The van der Waals surface area contributed by atoms with Crippen LogP contribution in [0.4, 0.5) is 22.0 Å². The number of hydrogen-bond donors (Lipinski definition) is 1. The highest BCUT2D eigenvalue weighted by Gasteiger charge is 2.78. The van der Waals surface area contributed by atoms with Gasteiger partial charge in [-0.3, -0.25) is 4.79 Å². The predicted octanol–water partition coefficient (Wildman–Crippen LogP) is 6.58. The molecule has 2 nitrogen and oxygen atoms in total. The average Bonchev–Trinajstić information content (AvgIpc) is 3.04. The Labute approximate surface area is 190 Å². The fourth-order valence-corrected chi connectivity index (χ4v) is 7.82. The quantitative estimate of drug-likeness (QED) is 0.498. The van der Waals surface area contributed by atoms with Crippen LogP contribution < -0.4 is 0 Å². The molecule has 1 aromatic carbocycles. The lowest BCUT2D eigenvalue weighted by molar-refractivity contribution is -0.360. The van der Waals surface area contributed by atoms with Gasteiger partial charge in [-0.05, 0) is 73.3 Å². The molecular formula is C26H29F5O2. The van der Waals surface area contributed by atoms with Crippen molar-refractivity contribution in [1.29, 1.82) is 0 Å². The van der Waals surface area contributed by atoms with Crippen LogP contribution in [0.5, 0.6) is 0 Å². The van der Waals surface area contributed by atoms with Gasteiger partial charge in [-0.25, -0.2) is 0 Å². The molecule has 180 valence electrons. The van der Waals surface area contributed by atoms with E-state index in [1.165, 1.54) is 6.92 Å². The topological polar surface area (TPSA) is 37.3 Å². The van der Waals surface area contributed by atoms with E-state index < -0.39 is 35.5 Å². The Bertz CT molecular complexity index is 984. The third-order valence-corrected chi connectivity index (χ3v) is 9.40. The number of hydrogen-bond acceptors (Lipinski definition) is 2. The molecule has 0 bridgehead atoms. The van der Waals surface area contributed by atoms with E-state index >= 15 is 0 Å². The summed E-state index contributed by atoms with van der Waals surface area (Å²) in [6, 6.07) is 9.25. The number of carbonyl (C=O) groups is 1. The predicted molar refractivity (Wildman–Crippen MR) is 113 cm³/mol. The molecule has 3 fully saturated rings. The molecule has 0 saturated heterocycles. The third-order valence-electron chi connectivity index (χ3n) is 9.40. The highest BCUT2D eigenvalue weighted by Crippen LogP contribution is 2.70. The van der Waals surface area contributed by atoms with Gasteiger partial charge in [0.15, 0.2) is 0 Å². The Morgan fingerprint density at radius 3 is 2.33 bits per heavy atom. The van der Waals surface area contributed by atoms with E-state index in [2.05, 4.69) is 0 Å². The first kappa shape index (κ1) is 23.0. The van der Waals surface area contributed by atoms with Crippen LogP contribution in [-0.2, 0) is 4.79 Å². The molecule has 1 N–H and O–H groups in total. The van der Waals surface area contributed by atoms with Crippen LogP contribution in [0.2, 0.25) is 0 Å².